The molecule has 0 unspecified atom stereocenters. The van der Waals surface area contributed by atoms with E-state index >= 15 is 0 Å². The van der Waals surface area contributed by atoms with Crippen molar-refractivity contribution in [1.29, 1.82) is 0 Å². The molecule has 0 aliphatic rings. The molecule has 4 aromatic rings. The monoisotopic (exact) mass is 353 g/mol. The number of ether oxygens (including phenoxy) is 1. The molecule has 4 rings (SSSR count). The summed E-state index contributed by atoms with van der Waals surface area (Å²) in [5.41, 5.74) is 2.39. The van der Waals surface area contributed by atoms with Crippen LogP contribution in [0.2, 0.25) is 0 Å². The molecular weight excluding hydrogens is 337 g/mol. The highest BCUT2D eigenvalue weighted by Crippen LogP contribution is 2.27. The summed E-state index contributed by atoms with van der Waals surface area (Å²) >= 11 is 0. The highest BCUT2D eigenvalue weighted by atomic mass is 19.1. The number of rotatable bonds is 5. The second-order valence-corrected chi connectivity index (χ2v) is 5.75. The maximum Gasteiger partial charge on any atom is 0.229 e. The molecule has 0 saturated carbocycles. The van der Waals surface area contributed by atoms with Crippen LogP contribution in [0.15, 0.2) is 36.8 Å². The Morgan fingerprint density at radius 2 is 2.15 bits per heavy atom. The van der Waals surface area contributed by atoms with Crippen molar-refractivity contribution in [3.8, 4) is 5.75 Å². The van der Waals surface area contributed by atoms with Gasteiger partial charge in [0.25, 0.3) is 0 Å². The second-order valence-electron chi connectivity index (χ2n) is 5.75. The topological polar surface area (TPSA) is 93.5 Å². The van der Waals surface area contributed by atoms with Gasteiger partial charge in [0.1, 0.15) is 11.6 Å². The number of fused-ring (bicyclic) bond motifs is 1. The summed E-state index contributed by atoms with van der Waals surface area (Å²) in [5, 5.41) is 14.8. The summed E-state index contributed by atoms with van der Waals surface area (Å²) in [5.74, 6) is 0.503. The molecule has 0 fully saturated rings. The fourth-order valence-corrected chi connectivity index (χ4v) is 2.77. The van der Waals surface area contributed by atoms with Gasteiger partial charge in [-0.3, -0.25) is 9.78 Å². The molecule has 26 heavy (non-hydrogen) atoms. The molecule has 0 spiro atoms. The van der Waals surface area contributed by atoms with E-state index in [-0.39, 0.29) is 12.2 Å². The molecule has 2 N–H and O–H groups in total. The van der Waals surface area contributed by atoms with Crippen LogP contribution in [0, 0.1) is 5.82 Å². The fraction of sp³-hybridized carbons (Fsp3) is 0.176. The first-order chi connectivity index (χ1) is 12.6. The SMILES string of the molecule is COc1cccc(F)c1Cc1nc(Nc2cnn(C)c2)nc2[nH]ncc12. The first-order valence-electron chi connectivity index (χ1n) is 7.91. The van der Waals surface area contributed by atoms with Crippen molar-refractivity contribution in [3.05, 3.63) is 53.9 Å². The van der Waals surface area contributed by atoms with E-state index in [2.05, 4.69) is 30.6 Å². The number of aryl methyl sites for hydroxylation is 1. The molecule has 9 heteroatoms. The normalized spacial score (nSPS) is 11.0. The van der Waals surface area contributed by atoms with Gasteiger partial charge in [-0.15, -0.1) is 0 Å². The lowest BCUT2D eigenvalue weighted by molar-refractivity contribution is 0.405. The molecule has 3 heterocycles. The standard InChI is InChI=1S/C17H16FN7O/c1-25-9-10(7-20-25)21-17-22-14(12-8-19-24-16(12)23-17)6-11-13(18)4-3-5-15(11)26-2/h3-5,7-9H,6H2,1-2H3,(H2,19,21,22,23,24). The van der Waals surface area contributed by atoms with Gasteiger partial charge >= 0.3 is 0 Å². The molecule has 1 aromatic carbocycles. The number of H-pyrrole nitrogens is 1. The van der Waals surface area contributed by atoms with Gasteiger partial charge in [-0.1, -0.05) is 6.07 Å². The lowest BCUT2D eigenvalue weighted by Gasteiger charge is -2.11. The van der Waals surface area contributed by atoms with Gasteiger partial charge in [0.15, 0.2) is 5.65 Å². The molecule has 0 bridgehead atoms. The Bertz CT molecular complexity index is 1070. The number of nitrogens with zero attached hydrogens (tertiary/aromatic N) is 5. The molecule has 132 valence electrons. The first-order valence-corrected chi connectivity index (χ1v) is 7.91. The number of aromatic amines is 1. The van der Waals surface area contributed by atoms with E-state index in [1.807, 2.05) is 7.05 Å². The van der Waals surface area contributed by atoms with Gasteiger partial charge in [0, 0.05) is 25.2 Å². The number of nitrogens with one attached hydrogen (secondary N) is 2. The predicted molar refractivity (Wildman–Crippen MR) is 93.9 cm³/mol. The zero-order valence-electron chi connectivity index (χ0n) is 14.2. The van der Waals surface area contributed by atoms with E-state index in [0.29, 0.717) is 28.6 Å². The Hall–Kier alpha value is -3.49. The largest absolute Gasteiger partial charge is 0.496 e. The van der Waals surface area contributed by atoms with Crippen molar-refractivity contribution < 1.29 is 9.13 Å². The molecule has 0 atom stereocenters. The highest BCUT2D eigenvalue weighted by molar-refractivity contribution is 5.78. The number of hydrogen-bond donors (Lipinski definition) is 2. The molecule has 0 amide bonds. The second kappa shape index (κ2) is 6.43. The Labute approximate surface area is 148 Å². The summed E-state index contributed by atoms with van der Waals surface area (Å²) in [6.45, 7) is 0. The summed E-state index contributed by atoms with van der Waals surface area (Å²) in [6.07, 6.45) is 5.35. The molecular formula is C17H16FN7O. The predicted octanol–water partition coefficient (Wildman–Crippen LogP) is 2.57. The van der Waals surface area contributed by atoms with E-state index in [9.17, 15) is 4.39 Å². The molecule has 0 aliphatic carbocycles. The highest BCUT2D eigenvalue weighted by Gasteiger charge is 2.16. The minimum atomic E-state index is -0.346. The lowest BCUT2D eigenvalue weighted by atomic mass is 10.1. The third-order valence-corrected chi connectivity index (χ3v) is 3.99. The smallest absolute Gasteiger partial charge is 0.229 e. The summed E-state index contributed by atoms with van der Waals surface area (Å²) < 4.78 is 21.3. The van der Waals surface area contributed by atoms with E-state index in [1.54, 1.807) is 35.4 Å². The average molecular weight is 353 g/mol. The Morgan fingerprint density at radius 3 is 2.92 bits per heavy atom. The van der Waals surface area contributed by atoms with Crippen LogP contribution in [0.3, 0.4) is 0 Å². The summed E-state index contributed by atoms with van der Waals surface area (Å²) in [6, 6.07) is 4.74. The third-order valence-electron chi connectivity index (χ3n) is 3.99. The van der Waals surface area contributed by atoms with Crippen LogP contribution in [0.5, 0.6) is 5.75 Å². The zero-order valence-corrected chi connectivity index (χ0v) is 14.2. The number of anilines is 2. The molecule has 0 radical (unpaired) electrons. The number of halogens is 1. The van der Waals surface area contributed by atoms with Crippen LogP contribution in [0.1, 0.15) is 11.3 Å². The fourth-order valence-electron chi connectivity index (χ4n) is 2.77. The molecule has 0 aliphatic heterocycles. The van der Waals surface area contributed by atoms with Gasteiger partial charge in [0.05, 0.1) is 36.3 Å². The maximum atomic E-state index is 14.3. The molecule has 3 aromatic heterocycles. The number of aromatic nitrogens is 6. The Kier molecular flexibility index (Phi) is 3.96. The minimum Gasteiger partial charge on any atom is -0.496 e. The van der Waals surface area contributed by atoms with Crippen LogP contribution in [-0.4, -0.2) is 37.1 Å². The quantitative estimate of drug-likeness (QED) is 0.573. The van der Waals surface area contributed by atoms with E-state index in [1.165, 1.54) is 13.2 Å². The third kappa shape index (κ3) is 2.94. The minimum absolute atomic E-state index is 0.246. The van der Waals surface area contributed by atoms with Crippen LogP contribution < -0.4 is 10.1 Å². The van der Waals surface area contributed by atoms with Crippen LogP contribution >= 0.6 is 0 Å². The summed E-state index contributed by atoms with van der Waals surface area (Å²) in [7, 11) is 3.33. The number of benzene rings is 1. The Balaban J connectivity index is 1.76. The molecule has 8 nitrogen and oxygen atoms in total. The first kappa shape index (κ1) is 16.0. The zero-order chi connectivity index (χ0) is 18.1. The van der Waals surface area contributed by atoms with Crippen molar-refractivity contribution in [2.75, 3.05) is 12.4 Å². The van der Waals surface area contributed by atoms with Crippen molar-refractivity contribution in [1.82, 2.24) is 29.9 Å². The lowest BCUT2D eigenvalue weighted by Crippen LogP contribution is -2.04. The van der Waals surface area contributed by atoms with Gasteiger partial charge < -0.3 is 10.1 Å². The van der Waals surface area contributed by atoms with Gasteiger partial charge in [-0.05, 0) is 12.1 Å². The van der Waals surface area contributed by atoms with E-state index in [0.717, 1.165) is 11.1 Å². The van der Waals surface area contributed by atoms with Crippen molar-refractivity contribution in [3.63, 3.8) is 0 Å². The van der Waals surface area contributed by atoms with Crippen molar-refractivity contribution in [2.24, 2.45) is 7.05 Å². The summed E-state index contributed by atoms with van der Waals surface area (Å²) in [4.78, 5) is 8.95. The Morgan fingerprint density at radius 1 is 1.27 bits per heavy atom. The van der Waals surface area contributed by atoms with Crippen LogP contribution in [0.4, 0.5) is 16.0 Å². The van der Waals surface area contributed by atoms with Gasteiger partial charge in [-0.25, -0.2) is 9.37 Å². The van der Waals surface area contributed by atoms with Gasteiger partial charge in [-0.2, -0.15) is 15.2 Å². The number of hydrogen-bond acceptors (Lipinski definition) is 6. The van der Waals surface area contributed by atoms with Gasteiger partial charge in [0.2, 0.25) is 5.95 Å². The van der Waals surface area contributed by atoms with Crippen molar-refractivity contribution >= 4 is 22.7 Å². The van der Waals surface area contributed by atoms with Crippen molar-refractivity contribution in [2.45, 2.75) is 6.42 Å². The number of methoxy groups -OCH3 is 1. The van der Waals surface area contributed by atoms with Crippen LogP contribution in [-0.2, 0) is 13.5 Å². The van der Waals surface area contributed by atoms with E-state index in [4.69, 9.17) is 4.74 Å². The molecule has 0 saturated heterocycles. The average Bonchev–Trinajstić information content (AvgIpc) is 3.25. The van der Waals surface area contributed by atoms with E-state index < -0.39 is 0 Å². The maximum absolute atomic E-state index is 14.3. The van der Waals surface area contributed by atoms with Crippen LogP contribution in [0.25, 0.3) is 11.0 Å².